The van der Waals surface area contributed by atoms with Crippen molar-refractivity contribution in [3.8, 4) is 0 Å². The van der Waals surface area contributed by atoms with Crippen LogP contribution >= 0.6 is 34.5 Å². The van der Waals surface area contributed by atoms with Gasteiger partial charge in [-0.05, 0) is 30.0 Å². The summed E-state index contributed by atoms with van der Waals surface area (Å²) in [6.07, 6.45) is 2.48. The number of halogens is 2. The molecule has 0 saturated carbocycles. The Morgan fingerprint density at radius 2 is 2.22 bits per heavy atom. The van der Waals surface area contributed by atoms with Crippen LogP contribution in [0, 0.1) is 0 Å². The van der Waals surface area contributed by atoms with Gasteiger partial charge in [0.05, 0.1) is 6.20 Å². The minimum Gasteiger partial charge on any atom is -0.355 e. The first kappa shape index (κ1) is 13.6. The molecule has 0 spiro atoms. The molecular weight excluding hydrogens is 289 g/mol. The molecule has 0 aliphatic rings. The molecule has 0 radical (unpaired) electrons. The zero-order chi connectivity index (χ0) is 13.1. The lowest BCUT2D eigenvalue weighted by Gasteiger charge is -2.26. The van der Waals surface area contributed by atoms with Crippen molar-refractivity contribution in [3.63, 3.8) is 0 Å². The van der Waals surface area contributed by atoms with E-state index in [1.54, 1.807) is 11.3 Å². The Kier molecular flexibility index (Phi) is 4.43. The lowest BCUT2D eigenvalue weighted by molar-refractivity contribution is 0.679. The van der Waals surface area contributed by atoms with E-state index < -0.39 is 0 Å². The summed E-state index contributed by atoms with van der Waals surface area (Å²) in [7, 11) is 1.96. The number of anilines is 1. The third kappa shape index (κ3) is 3.13. The molecule has 0 amide bonds. The van der Waals surface area contributed by atoms with E-state index in [1.165, 1.54) is 11.1 Å². The van der Waals surface area contributed by atoms with Gasteiger partial charge in [0.15, 0.2) is 5.82 Å². The van der Waals surface area contributed by atoms with Crippen LogP contribution in [0.25, 0.3) is 0 Å². The van der Waals surface area contributed by atoms with Gasteiger partial charge in [0, 0.05) is 24.4 Å². The molecule has 6 heteroatoms. The lowest BCUT2D eigenvalue weighted by atomic mass is 10.2. The molecule has 2 rings (SSSR count). The summed E-state index contributed by atoms with van der Waals surface area (Å²) in [6.45, 7) is 2.13. The molecule has 1 atom stereocenters. The predicted octanol–water partition coefficient (Wildman–Crippen LogP) is 3.91. The van der Waals surface area contributed by atoms with Crippen LogP contribution in [0.3, 0.4) is 0 Å². The molecular formula is C12H13Cl2N3S. The molecule has 0 aliphatic carbocycles. The molecule has 2 heterocycles. The molecule has 0 aliphatic heterocycles. The first-order valence-electron chi connectivity index (χ1n) is 5.51. The van der Waals surface area contributed by atoms with E-state index in [0.717, 1.165) is 6.42 Å². The Balaban J connectivity index is 2.14. The standard InChI is InChI=1S/C12H13Cl2N3S/c1-8(6-9-4-3-5-18-9)17(2)11-10(13)7-15-12(14)16-11/h3-5,7-8H,6H2,1-2H3. The summed E-state index contributed by atoms with van der Waals surface area (Å²) >= 11 is 13.6. The average molecular weight is 302 g/mol. The molecule has 0 fully saturated rings. The molecule has 0 saturated heterocycles. The van der Waals surface area contributed by atoms with Crippen molar-refractivity contribution in [2.45, 2.75) is 19.4 Å². The minimum absolute atomic E-state index is 0.213. The van der Waals surface area contributed by atoms with Crippen molar-refractivity contribution in [1.29, 1.82) is 0 Å². The van der Waals surface area contributed by atoms with E-state index in [2.05, 4.69) is 34.4 Å². The van der Waals surface area contributed by atoms with Crippen molar-refractivity contribution in [1.82, 2.24) is 9.97 Å². The van der Waals surface area contributed by atoms with Crippen LogP contribution in [0.15, 0.2) is 23.7 Å². The van der Waals surface area contributed by atoms with Gasteiger partial charge in [0.1, 0.15) is 5.02 Å². The number of likely N-dealkylation sites (N-methyl/N-ethyl adjacent to an activating group) is 1. The summed E-state index contributed by atoms with van der Waals surface area (Å²) < 4.78 is 0. The minimum atomic E-state index is 0.213. The van der Waals surface area contributed by atoms with E-state index in [0.29, 0.717) is 10.8 Å². The maximum atomic E-state index is 6.09. The van der Waals surface area contributed by atoms with E-state index in [-0.39, 0.29) is 11.3 Å². The molecule has 1 unspecified atom stereocenters. The van der Waals surface area contributed by atoms with Gasteiger partial charge in [-0.25, -0.2) is 4.98 Å². The van der Waals surface area contributed by atoms with Gasteiger partial charge in [-0.15, -0.1) is 11.3 Å². The van der Waals surface area contributed by atoms with Gasteiger partial charge < -0.3 is 4.90 Å². The second-order valence-corrected chi connectivity index (χ2v) is 5.83. The molecule has 3 nitrogen and oxygen atoms in total. The van der Waals surface area contributed by atoms with Gasteiger partial charge in [-0.3, -0.25) is 0 Å². The van der Waals surface area contributed by atoms with E-state index in [9.17, 15) is 0 Å². The number of aromatic nitrogens is 2. The highest BCUT2D eigenvalue weighted by Gasteiger charge is 2.16. The molecule has 2 aromatic heterocycles. The smallest absolute Gasteiger partial charge is 0.224 e. The maximum absolute atomic E-state index is 6.09. The summed E-state index contributed by atoms with van der Waals surface area (Å²) in [5.74, 6) is 0.667. The van der Waals surface area contributed by atoms with E-state index in [1.807, 2.05) is 11.9 Å². The fraction of sp³-hybridized carbons (Fsp3) is 0.333. The zero-order valence-electron chi connectivity index (χ0n) is 10.1. The quantitative estimate of drug-likeness (QED) is 0.802. The Morgan fingerprint density at radius 3 is 2.89 bits per heavy atom. The van der Waals surface area contributed by atoms with Crippen LogP contribution in [-0.4, -0.2) is 23.1 Å². The maximum Gasteiger partial charge on any atom is 0.224 e. The summed E-state index contributed by atoms with van der Waals surface area (Å²) in [5.41, 5.74) is 0. The molecule has 0 N–H and O–H groups in total. The van der Waals surface area contributed by atoms with Crippen LogP contribution in [0.2, 0.25) is 10.3 Å². The van der Waals surface area contributed by atoms with Crippen molar-refractivity contribution >= 4 is 40.4 Å². The molecule has 0 aromatic carbocycles. The fourth-order valence-corrected chi connectivity index (χ4v) is 2.83. The number of thiophene rings is 1. The number of nitrogens with zero attached hydrogens (tertiary/aromatic N) is 3. The Hall–Kier alpha value is -0.840. The second kappa shape index (κ2) is 5.87. The van der Waals surface area contributed by atoms with Crippen molar-refractivity contribution in [3.05, 3.63) is 38.9 Å². The zero-order valence-corrected chi connectivity index (χ0v) is 12.4. The van der Waals surface area contributed by atoms with E-state index in [4.69, 9.17) is 23.2 Å². The summed E-state index contributed by atoms with van der Waals surface area (Å²) in [6, 6.07) is 4.47. The number of hydrogen-bond acceptors (Lipinski definition) is 4. The third-order valence-electron chi connectivity index (χ3n) is 2.77. The Morgan fingerprint density at radius 1 is 1.44 bits per heavy atom. The topological polar surface area (TPSA) is 29.0 Å². The van der Waals surface area contributed by atoms with Gasteiger partial charge in [-0.2, -0.15) is 4.98 Å². The van der Waals surface area contributed by atoms with Crippen LogP contribution < -0.4 is 4.90 Å². The average Bonchev–Trinajstić information content (AvgIpc) is 2.84. The van der Waals surface area contributed by atoms with Gasteiger partial charge in [0.2, 0.25) is 5.28 Å². The highest BCUT2D eigenvalue weighted by atomic mass is 35.5. The van der Waals surface area contributed by atoms with E-state index >= 15 is 0 Å². The van der Waals surface area contributed by atoms with Crippen LogP contribution in [0.4, 0.5) is 5.82 Å². The number of hydrogen-bond donors (Lipinski definition) is 0. The largest absolute Gasteiger partial charge is 0.355 e. The summed E-state index contributed by atoms with van der Waals surface area (Å²) in [5, 5.41) is 2.81. The molecule has 0 bridgehead atoms. The van der Waals surface area contributed by atoms with Gasteiger partial charge in [0.25, 0.3) is 0 Å². The normalized spacial score (nSPS) is 12.4. The first-order valence-corrected chi connectivity index (χ1v) is 7.14. The predicted molar refractivity (Wildman–Crippen MR) is 77.9 cm³/mol. The molecule has 18 heavy (non-hydrogen) atoms. The van der Waals surface area contributed by atoms with Gasteiger partial charge >= 0.3 is 0 Å². The van der Waals surface area contributed by atoms with Crippen molar-refractivity contribution in [2.24, 2.45) is 0 Å². The second-order valence-electron chi connectivity index (χ2n) is 4.05. The Bertz CT molecular complexity index is 516. The van der Waals surface area contributed by atoms with Crippen molar-refractivity contribution in [2.75, 3.05) is 11.9 Å². The first-order chi connectivity index (χ1) is 8.58. The van der Waals surface area contributed by atoms with Crippen LogP contribution in [-0.2, 0) is 6.42 Å². The van der Waals surface area contributed by atoms with Gasteiger partial charge in [-0.1, -0.05) is 17.7 Å². The fourth-order valence-electron chi connectivity index (χ4n) is 1.65. The molecule has 2 aromatic rings. The monoisotopic (exact) mass is 301 g/mol. The number of rotatable bonds is 4. The van der Waals surface area contributed by atoms with Crippen LogP contribution in [0.1, 0.15) is 11.8 Å². The van der Waals surface area contributed by atoms with Crippen molar-refractivity contribution < 1.29 is 0 Å². The third-order valence-corrected chi connectivity index (χ3v) is 4.12. The highest BCUT2D eigenvalue weighted by Crippen LogP contribution is 2.25. The van der Waals surface area contributed by atoms with Crippen LogP contribution in [0.5, 0.6) is 0 Å². The Labute approximate surface area is 120 Å². The SMILES string of the molecule is CC(Cc1cccs1)N(C)c1nc(Cl)ncc1Cl. The molecule has 96 valence electrons. The summed E-state index contributed by atoms with van der Waals surface area (Å²) in [4.78, 5) is 11.4. The highest BCUT2D eigenvalue weighted by molar-refractivity contribution is 7.09. The lowest BCUT2D eigenvalue weighted by Crippen LogP contribution is -2.31.